The number of thioether (sulfide) groups is 1. The average Bonchev–Trinajstić information content (AvgIpc) is 2.43. The zero-order valence-corrected chi connectivity index (χ0v) is 5.94. The molecule has 0 aromatic rings. The maximum atomic E-state index is 8.36. The molecule has 4 heteroatoms. The molecule has 1 aliphatic heterocycles. The van der Waals surface area contributed by atoms with Crippen LogP contribution in [-0.2, 0) is 4.74 Å². The molecule has 0 radical (unpaired) electrons. The van der Waals surface area contributed by atoms with Gasteiger partial charge in [-0.05, 0) is 0 Å². The number of allylic oxidation sites excluding steroid dienone is 1. The molecule has 3 nitrogen and oxygen atoms in total. The van der Waals surface area contributed by atoms with Crippen molar-refractivity contribution in [2.24, 2.45) is 0 Å². The molecule has 0 aromatic heterocycles. The molecule has 0 amide bonds. The van der Waals surface area contributed by atoms with Gasteiger partial charge in [0.2, 0.25) is 0 Å². The van der Waals surface area contributed by atoms with E-state index in [0.29, 0.717) is 11.7 Å². The van der Waals surface area contributed by atoms with E-state index in [-0.39, 0.29) is 5.57 Å². The van der Waals surface area contributed by atoms with E-state index in [4.69, 9.17) is 15.3 Å². The fourth-order valence-electron chi connectivity index (χ4n) is 0.571. The SMILES string of the molecule is N#CC(C#N)=C1OCCS1. The minimum atomic E-state index is 0.0856. The highest BCUT2D eigenvalue weighted by molar-refractivity contribution is 8.03. The van der Waals surface area contributed by atoms with Gasteiger partial charge in [0.15, 0.2) is 10.7 Å². The van der Waals surface area contributed by atoms with Crippen LogP contribution in [0.3, 0.4) is 0 Å². The monoisotopic (exact) mass is 152 g/mol. The van der Waals surface area contributed by atoms with E-state index in [0.717, 1.165) is 5.75 Å². The maximum Gasteiger partial charge on any atom is 0.181 e. The van der Waals surface area contributed by atoms with Gasteiger partial charge in [-0.3, -0.25) is 0 Å². The van der Waals surface area contributed by atoms with Gasteiger partial charge in [0.05, 0.1) is 6.61 Å². The average molecular weight is 152 g/mol. The molecule has 0 saturated carbocycles. The summed E-state index contributed by atoms with van der Waals surface area (Å²) < 4.78 is 4.99. The van der Waals surface area contributed by atoms with Gasteiger partial charge in [-0.1, -0.05) is 11.8 Å². The predicted octanol–water partition coefficient (Wildman–Crippen LogP) is 1.01. The smallest absolute Gasteiger partial charge is 0.181 e. The summed E-state index contributed by atoms with van der Waals surface area (Å²) in [5.41, 5.74) is 0.0856. The molecule has 1 fully saturated rings. The molecule has 1 rings (SSSR count). The molecule has 10 heavy (non-hydrogen) atoms. The minimum absolute atomic E-state index is 0.0856. The Bertz CT molecular complexity index is 221. The Morgan fingerprint density at radius 2 is 2.20 bits per heavy atom. The third-order valence-corrected chi connectivity index (χ3v) is 1.93. The van der Waals surface area contributed by atoms with Gasteiger partial charge >= 0.3 is 0 Å². The van der Waals surface area contributed by atoms with Gasteiger partial charge in [-0.15, -0.1) is 0 Å². The second-order valence-electron chi connectivity index (χ2n) is 1.58. The van der Waals surface area contributed by atoms with Crippen LogP contribution in [0.1, 0.15) is 0 Å². The number of ether oxygens (including phenoxy) is 1. The number of hydrogen-bond donors (Lipinski definition) is 0. The molecule has 50 valence electrons. The maximum absolute atomic E-state index is 8.36. The first-order valence-corrected chi connectivity index (χ1v) is 3.67. The van der Waals surface area contributed by atoms with Gasteiger partial charge in [-0.2, -0.15) is 10.5 Å². The van der Waals surface area contributed by atoms with Crippen LogP contribution in [0.2, 0.25) is 0 Å². The van der Waals surface area contributed by atoms with Gasteiger partial charge in [0.25, 0.3) is 0 Å². The lowest BCUT2D eigenvalue weighted by molar-refractivity contribution is 0.274. The van der Waals surface area contributed by atoms with Gasteiger partial charge in [0, 0.05) is 5.75 Å². The first-order valence-electron chi connectivity index (χ1n) is 2.68. The van der Waals surface area contributed by atoms with E-state index in [1.807, 2.05) is 0 Å². The standard InChI is InChI=1S/C6H4N2OS/c7-3-5(4-8)6-9-1-2-10-6/h1-2H2. The number of nitriles is 2. The van der Waals surface area contributed by atoms with Gasteiger partial charge < -0.3 is 4.74 Å². The summed E-state index contributed by atoms with van der Waals surface area (Å²) in [4.78, 5) is 0. The van der Waals surface area contributed by atoms with Crippen LogP contribution in [0, 0.1) is 22.7 Å². The van der Waals surface area contributed by atoms with Crippen molar-refractivity contribution in [2.75, 3.05) is 12.4 Å². The molecule has 0 aliphatic carbocycles. The van der Waals surface area contributed by atoms with Crippen LogP contribution in [0.4, 0.5) is 0 Å². The van der Waals surface area contributed by atoms with E-state index >= 15 is 0 Å². The molecule has 0 aromatic carbocycles. The third kappa shape index (κ3) is 1.23. The quantitative estimate of drug-likeness (QED) is 0.486. The Kier molecular flexibility index (Phi) is 2.20. The highest BCUT2D eigenvalue weighted by atomic mass is 32.2. The number of hydrogen-bond acceptors (Lipinski definition) is 4. The van der Waals surface area contributed by atoms with Gasteiger partial charge in [0.1, 0.15) is 12.1 Å². The van der Waals surface area contributed by atoms with E-state index in [1.165, 1.54) is 11.8 Å². The van der Waals surface area contributed by atoms with Crippen molar-refractivity contribution in [1.29, 1.82) is 10.5 Å². The van der Waals surface area contributed by atoms with Crippen molar-refractivity contribution in [3.8, 4) is 12.1 Å². The van der Waals surface area contributed by atoms with E-state index in [2.05, 4.69) is 0 Å². The normalized spacial score (nSPS) is 15.2. The summed E-state index contributed by atoms with van der Waals surface area (Å²) >= 11 is 1.41. The number of rotatable bonds is 0. The fraction of sp³-hybridized carbons (Fsp3) is 0.333. The van der Waals surface area contributed by atoms with Crippen molar-refractivity contribution >= 4 is 11.8 Å². The Hall–Kier alpha value is -1.13. The summed E-state index contributed by atoms with van der Waals surface area (Å²) in [6.45, 7) is 0.604. The minimum Gasteiger partial charge on any atom is -0.484 e. The first-order chi connectivity index (χ1) is 4.88. The molecule has 1 saturated heterocycles. The van der Waals surface area contributed by atoms with E-state index in [9.17, 15) is 0 Å². The van der Waals surface area contributed by atoms with Crippen LogP contribution < -0.4 is 0 Å². The lowest BCUT2D eigenvalue weighted by atomic mass is 10.4. The Morgan fingerprint density at radius 3 is 2.60 bits per heavy atom. The summed E-state index contributed by atoms with van der Waals surface area (Å²) in [6.07, 6.45) is 0. The van der Waals surface area contributed by atoms with Gasteiger partial charge in [-0.25, -0.2) is 0 Å². The molecule has 0 N–H and O–H groups in total. The van der Waals surface area contributed by atoms with Crippen LogP contribution >= 0.6 is 11.8 Å². The largest absolute Gasteiger partial charge is 0.484 e. The molecule has 0 spiro atoms. The molecule has 1 heterocycles. The summed E-state index contributed by atoms with van der Waals surface area (Å²) in [6, 6.07) is 3.53. The van der Waals surface area contributed by atoms with Crippen LogP contribution in [0.15, 0.2) is 10.7 Å². The second-order valence-corrected chi connectivity index (χ2v) is 2.65. The topological polar surface area (TPSA) is 56.8 Å². The van der Waals surface area contributed by atoms with Crippen LogP contribution in [0.5, 0.6) is 0 Å². The number of nitrogens with zero attached hydrogens (tertiary/aromatic N) is 2. The highest BCUT2D eigenvalue weighted by Gasteiger charge is 2.13. The molecule has 0 bridgehead atoms. The molecule has 1 aliphatic rings. The van der Waals surface area contributed by atoms with E-state index < -0.39 is 0 Å². The molecule has 0 unspecified atom stereocenters. The Morgan fingerprint density at radius 1 is 1.50 bits per heavy atom. The van der Waals surface area contributed by atoms with Crippen molar-refractivity contribution < 1.29 is 4.74 Å². The second kappa shape index (κ2) is 3.14. The van der Waals surface area contributed by atoms with Crippen molar-refractivity contribution in [3.05, 3.63) is 10.7 Å². The Labute approximate surface area is 62.9 Å². The van der Waals surface area contributed by atoms with E-state index in [1.54, 1.807) is 12.1 Å². The zero-order chi connectivity index (χ0) is 7.40. The zero-order valence-electron chi connectivity index (χ0n) is 5.13. The lowest BCUT2D eigenvalue weighted by Gasteiger charge is -1.92. The van der Waals surface area contributed by atoms with Crippen LogP contribution in [-0.4, -0.2) is 12.4 Å². The predicted molar refractivity (Wildman–Crippen MR) is 36.7 cm³/mol. The summed E-state index contributed by atoms with van der Waals surface area (Å²) in [5.74, 6) is 0.836. The highest BCUT2D eigenvalue weighted by Crippen LogP contribution is 2.26. The first kappa shape index (κ1) is 6.98. The molecule has 0 atom stereocenters. The Balaban J connectivity index is 2.85. The van der Waals surface area contributed by atoms with Crippen LogP contribution in [0.25, 0.3) is 0 Å². The van der Waals surface area contributed by atoms with Crippen molar-refractivity contribution in [1.82, 2.24) is 0 Å². The van der Waals surface area contributed by atoms with Crippen molar-refractivity contribution in [3.63, 3.8) is 0 Å². The summed E-state index contributed by atoms with van der Waals surface area (Å²) in [5, 5.41) is 17.2. The fourth-order valence-corrected chi connectivity index (χ4v) is 1.33. The molecular formula is C6H4N2OS. The van der Waals surface area contributed by atoms with Crippen molar-refractivity contribution in [2.45, 2.75) is 0 Å². The third-order valence-electron chi connectivity index (χ3n) is 0.977. The summed E-state index contributed by atoms with van der Waals surface area (Å²) in [7, 11) is 0. The lowest BCUT2D eigenvalue weighted by Crippen LogP contribution is -1.83. The molecular weight excluding hydrogens is 148 g/mol.